The van der Waals surface area contributed by atoms with Gasteiger partial charge in [0.15, 0.2) is 0 Å². The van der Waals surface area contributed by atoms with Crippen molar-refractivity contribution >= 4 is 0 Å². The summed E-state index contributed by atoms with van der Waals surface area (Å²) < 4.78 is 23.2. The van der Waals surface area contributed by atoms with Crippen LogP contribution in [0.2, 0.25) is 0 Å². The quantitative estimate of drug-likeness (QED) is 0.807. The molecule has 4 heteroatoms. The largest absolute Gasteiger partial charge is 0.496 e. The molecular formula is C11H15FO3. The number of hydrogen-bond donors (Lipinski definition) is 1. The molecule has 0 unspecified atom stereocenters. The summed E-state index contributed by atoms with van der Waals surface area (Å²) in [4.78, 5) is 0. The van der Waals surface area contributed by atoms with Crippen molar-refractivity contribution in [2.75, 3.05) is 20.8 Å². The van der Waals surface area contributed by atoms with Crippen LogP contribution in [0.3, 0.4) is 0 Å². The SMILES string of the molecule is COCc1cc(F)cc(OC)c1CCO. The zero-order valence-corrected chi connectivity index (χ0v) is 8.92. The first-order valence-electron chi connectivity index (χ1n) is 4.68. The molecule has 0 saturated carbocycles. The Morgan fingerprint density at radius 3 is 2.60 bits per heavy atom. The number of methoxy groups -OCH3 is 2. The zero-order valence-electron chi connectivity index (χ0n) is 8.92. The molecule has 3 nitrogen and oxygen atoms in total. The van der Waals surface area contributed by atoms with E-state index in [2.05, 4.69) is 0 Å². The molecule has 84 valence electrons. The molecule has 0 bridgehead atoms. The monoisotopic (exact) mass is 214 g/mol. The van der Waals surface area contributed by atoms with Gasteiger partial charge in [-0.25, -0.2) is 4.39 Å². The van der Waals surface area contributed by atoms with Gasteiger partial charge in [-0.15, -0.1) is 0 Å². The molecule has 15 heavy (non-hydrogen) atoms. The molecule has 1 rings (SSSR count). The average molecular weight is 214 g/mol. The van der Waals surface area contributed by atoms with Crippen molar-refractivity contribution in [3.05, 3.63) is 29.1 Å². The van der Waals surface area contributed by atoms with E-state index in [1.165, 1.54) is 19.2 Å². The number of benzene rings is 1. The minimum absolute atomic E-state index is 0.00128. The van der Waals surface area contributed by atoms with Crippen LogP contribution >= 0.6 is 0 Å². The highest BCUT2D eigenvalue weighted by molar-refractivity contribution is 5.41. The van der Waals surface area contributed by atoms with Crippen LogP contribution in [0, 0.1) is 5.82 Å². The average Bonchev–Trinajstić information content (AvgIpc) is 2.22. The Bertz CT molecular complexity index is 326. The molecule has 0 fully saturated rings. The topological polar surface area (TPSA) is 38.7 Å². The summed E-state index contributed by atoms with van der Waals surface area (Å²) in [5.74, 6) is 0.0942. The molecule has 1 aromatic rings. The fourth-order valence-corrected chi connectivity index (χ4v) is 1.53. The van der Waals surface area contributed by atoms with Crippen molar-refractivity contribution < 1.29 is 19.0 Å². The first kappa shape index (κ1) is 11.9. The zero-order chi connectivity index (χ0) is 11.3. The molecule has 0 aliphatic heterocycles. The van der Waals surface area contributed by atoms with Crippen molar-refractivity contribution in [3.63, 3.8) is 0 Å². The second-order valence-electron chi connectivity index (χ2n) is 3.15. The summed E-state index contributed by atoms with van der Waals surface area (Å²) in [5, 5.41) is 8.91. The van der Waals surface area contributed by atoms with Crippen molar-refractivity contribution in [1.29, 1.82) is 0 Å². The lowest BCUT2D eigenvalue weighted by Crippen LogP contribution is -2.03. The molecule has 1 aromatic carbocycles. The summed E-state index contributed by atoms with van der Waals surface area (Å²) in [6.07, 6.45) is 0.433. The van der Waals surface area contributed by atoms with Gasteiger partial charge in [0, 0.05) is 25.3 Å². The van der Waals surface area contributed by atoms with Crippen LogP contribution in [0.4, 0.5) is 4.39 Å². The summed E-state index contributed by atoms with van der Waals surface area (Å²) in [6, 6.07) is 2.71. The summed E-state index contributed by atoms with van der Waals surface area (Å²) in [6.45, 7) is 0.308. The number of aliphatic hydroxyl groups is 1. The lowest BCUT2D eigenvalue weighted by atomic mass is 10.0. The highest BCUT2D eigenvalue weighted by atomic mass is 19.1. The maximum absolute atomic E-state index is 13.2. The fraction of sp³-hybridized carbons (Fsp3) is 0.455. The van der Waals surface area contributed by atoms with Crippen LogP contribution in [-0.4, -0.2) is 25.9 Å². The van der Waals surface area contributed by atoms with Gasteiger partial charge in [0.05, 0.1) is 13.7 Å². The van der Waals surface area contributed by atoms with Crippen LogP contribution in [0.15, 0.2) is 12.1 Å². The van der Waals surface area contributed by atoms with E-state index in [1.807, 2.05) is 0 Å². The number of rotatable bonds is 5. The predicted molar refractivity (Wildman–Crippen MR) is 54.5 cm³/mol. The molecule has 0 spiro atoms. The minimum Gasteiger partial charge on any atom is -0.496 e. The molecule has 0 saturated heterocycles. The van der Waals surface area contributed by atoms with E-state index < -0.39 is 0 Å². The molecule has 0 aromatic heterocycles. The van der Waals surface area contributed by atoms with Crippen LogP contribution in [0.25, 0.3) is 0 Å². The van der Waals surface area contributed by atoms with Crippen molar-refractivity contribution in [2.24, 2.45) is 0 Å². The number of aliphatic hydroxyl groups excluding tert-OH is 1. The van der Waals surface area contributed by atoms with Crippen LogP contribution in [0.1, 0.15) is 11.1 Å². The molecular weight excluding hydrogens is 199 g/mol. The van der Waals surface area contributed by atoms with E-state index in [-0.39, 0.29) is 12.4 Å². The fourth-order valence-electron chi connectivity index (χ4n) is 1.53. The van der Waals surface area contributed by atoms with Crippen LogP contribution in [0.5, 0.6) is 5.75 Å². The van der Waals surface area contributed by atoms with Gasteiger partial charge >= 0.3 is 0 Å². The van der Waals surface area contributed by atoms with Gasteiger partial charge in [0.1, 0.15) is 11.6 Å². The van der Waals surface area contributed by atoms with Crippen molar-refractivity contribution in [2.45, 2.75) is 13.0 Å². The third kappa shape index (κ3) is 2.91. The third-order valence-electron chi connectivity index (χ3n) is 2.15. The van der Waals surface area contributed by atoms with E-state index >= 15 is 0 Å². The first-order valence-corrected chi connectivity index (χ1v) is 4.68. The van der Waals surface area contributed by atoms with Gasteiger partial charge < -0.3 is 14.6 Å². The molecule has 0 atom stereocenters. The lowest BCUT2D eigenvalue weighted by Gasteiger charge is -2.12. The Balaban J connectivity index is 3.14. The van der Waals surface area contributed by atoms with Crippen molar-refractivity contribution in [1.82, 2.24) is 0 Å². The molecule has 0 amide bonds. The number of hydrogen-bond acceptors (Lipinski definition) is 3. The molecule has 0 aliphatic rings. The standard InChI is InChI=1S/C11H15FO3/c1-14-7-8-5-9(12)6-11(15-2)10(8)3-4-13/h5-6,13H,3-4,7H2,1-2H3. The smallest absolute Gasteiger partial charge is 0.127 e. The Hall–Kier alpha value is -1.13. The van der Waals surface area contributed by atoms with E-state index in [0.29, 0.717) is 24.3 Å². The van der Waals surface area contributed by atoms with E-state index in [9.17, 15) is 4.39 Å². The normalized spacial score (nSPS) is 10.4. The Morgan fingerprint density at radius 1 is 1.33 bits per heavy atom. The highest BCUT2D eigenvalue weighted by Gasteiger charge is 2.11. The van der Waals surface area contributed by atoms with Gasteiger partial charge in [-0.3, -0.25) is 0 Å². The number of ether oxygens (including phenoxy) is 2. The van der Waals surface area contributed by atoms with E-state index in [1.54, 1.807) is 7.11 Å². The van der Waals surface area contributed by atoms with Gasteiger partial charge in [-0.2, -0.15) is 0 Å². The Kier molecular flexibility index (Phi) is 4.52. The maximum atomic E-state index is 13.2. The Morgan fingerprint density at radius 2 is 2.07 bits per heavy atom. The van der Waals surface area contributed by atoms with Crippen molar-refractivity contribution in [3.8, 4) is 5.75 Å². The summed E-state index contributed by atoms with van der Waals surface area (Å²) in [7, 11) is 3.02. The Labute approximate surface area is 88.4 Å². The van der Waals surface area contributed by atoms with Gasteiger partial charge in [-0.1, -0.05) is 0 Å². The number of halogens is 1. The second-order valence-corrected chi connectivity index (χ2v) is 3.15. The van der Waals surface area contributed by atoms with E-state index in [0.717, 1.165) is 5.56 Å². The molecule has 0 radical (unpaired) electrons. The predicted octanol–water partition coefficient (Wildman–Crippen LogP) is 1.52. The highest BCUT2D eigenvalue weighted by Crippen LogP contribution is 2.25. The third-order valence-corrected chi connectivity index (χ3v) is 2.15. The maximum Gasteiger partial charge on any atom is 0.127 e. The van der Waals surface area contributed by atoms with Gasteiger partial charge in [0.25, 0.3) is 0 Å². The second kappa shape index (κ2) is 5.68. The molecule has 0 heterocycles. The minimum atomic E-state index is -0.361. The van der Waals surface area contributed by atoms with E-state index in [4.69, 9.17) is 14.6 Å². The first-order chi connectivity index (χ1) is 7.22. The summed E-state index contributed by atoms with van der Waals surface area (Å²) >= 11 is 0. The van der Waals surface area contributed by atoms with Crippen LogP contribution < -0.4 is 4.74 Å². The molecule has 0 aliphatic carbocycles. The van der Waals surface area contributed by atoms with Crippen LogP contribution in [-0.2, 0) is 17.8 Å². The summed E-state index contributed by atoms with van der Waals surface area (Å²) in [5.41, 5.74) is 1.51. The van der Waals surface area contributed by atoms with Gasteiger partial charge in [0.2, 0.25) is 0 Å². The van der Waals surface area contributed by atoms with Gasteiger partial charge in [-0.05, 0) is 18.1 Å². The lowest BCUT2D eigenvalue weighted by molar-refractivity contribution is 0.182. The molecule has 1 N–H and O–H groups in total.